The zero-order chi connectivity index (χ0) is 12.1. The van der Waals surface area contributed by atoms with Gasteiger partial charge in [0.05, 0.1) is 6.61 Å². The number of ether oxygens (including phenoxy) is 2. The van der Waals surface area contributed by atoms with E-state index in [0.717, 1.165) is 11.3 Å². The molecule has 1 amide bonds. The number of carbonyl (C=O) groups is 1. The molecule has 2 N–H and O–H groups in total. The summed E-state index contributed by atoms with van der Waals surface area (Å²) in [7, 11) is 0. The van der Waals surface area contributed by atoms with Crippen molar-refractivity contribution in [2.24, 2.45) is 0 Å². The van der Waals surface area contributed by atoms with Crippen LogP contribution >= 0.6 is 0 Å². The van der Waals surface area contributed by atoms with E-state index in [4.69, 9.17) is 9.47 Å². The van der Waals surface area contributed by atoms with Crippen LogP contribution in [-0.4, -0.2) is 24.4 Å². The molecule has 0 aliphatic carbocycles. The number of hydrogen-bond acceptors (Lipinski definition) is 5. The van der Waals surface area contributed by atoms with Crippen molar-refractivity contribution in [3.05, 3.63) is 29.8 Å². The molecular formula is C11H15N3O3. The quantitative estimate of drug-likeness (QED) is 0.768. The summed E-state index contributed by atoms with van der Waals surface area (Å²) in [5.41, 5.74) is 6.22. The average Bonchev–Trinajstić information content (AvgIpc) is 2.36. The standard InChI is InChI=1S/C11H15N3O3/c1-2-16-11(15)12-13-14-7-9-5-3-4-6-10(9)17-8-14/h3-6,13H,2,7-8H2,1H3,(H,12,15). The molecule has 2 rings (SSSR count). The van der Waals surface area contributed by atoms with Gasteiger partial charge in [-0.25, -0.2) is 10.2 Å². The number of fused-ring (bicyclic) bond motifs is 1. The van der Waals surface area contributed by atoms with Crippen LogP contribution in [0.3, 0.4) is 0 Å². The lowest BCUT2D eigenvalue weighted by atomic mass is 10.2. The van der Waals surface area contributed by atoms with Crippen LogP contribution in [0.25, 0.3) is 0 Å². The predicted molar refractivity (Wildman–Crippen MR) is 60.8 cm³/mol. The van der Waals surface area contributed by atoms with Crippen molar-refractivity contribution in [2.45, 2.75) is 13.5 Å². The first kappa shape index (κ1) is 11.7. The second-order valence-corrected chi connectivity index (χ2v) is 3.54. The number of para-hydroxylation sites is 1. The molecule has 6 nitrogen and oxygen atoms in total. The van der Waals surface area contributed by atoms with Crippen molar-refractivity contribution in [2.75, 3.05) is 13.3 Å². The van der Waals surface area contributed by atoms with E-state index in [1.807, 2.05) is 24.3 Å². The maximum absolute atomic E-state index is 11.1. The molecular weight excluding hydrogens is 222 g/mol. The molecule has 0 aromatic heterocycles. The third kappa shape index (κ3) is 3.08. The number of carbonyl (C=O) groups excluding carboxylic acids is 1. The Kier molecular flexibility index (Phi) is 3.79. The van der Waals surface area contributed by atoms with Gasteiger partial charge in [0.2, 0.25) is 0 Å². The van der Waals surface area contributed by atoms with Gasteiger partial charge in [-0.2, -0.15) is 10.5 Å². The van der Waals surface area contributed by atoms with Gasteiger partial charge in [-0.3, -0.25) is 0 Å². The first-order valence-electron chi connectivity index (χ1n) is 5.43. The monoisotopic (exact) mass is 237 g/mol. The fraction of sp³-hybridized carbons (Fsp3) is 0.364. The summed E-state index contributed by atoms with van der Waals surface area (Å²) < 4.78 is 10.2. The number of nitrogens with one attached hydrogen (secondary N) is 2. The highest BCUT2D eigenvalue weighted by atomic mass is 16.6. The smallest absolute Gasteiger partial charge is 0.422 e. The first-order chi connectivity index (χ1) is 8.29. The number of benzene rings is 1. The largest absolute Gasteiger partial charge is 0.476 e. The van der Waals surface area contributed by atoms with Gasteiger partial charge >= 0.3 is 6.09 Å². The van der Waals surface area contributed by atoms with Crippen LogP contribution in [0, 0.1) is 0 Å². The van der Waals surface area contributed by atoms with Gasteiger partial charge in [0, 0.05) is 12.1 Å². The Labute approximate surface area is 99.4 Å². The lowest BCUT2D eigenvalue weighted by Gasteiger charge is -2.28. The molecule has 1 aliphatic rings. The Morgan fingerprint density at radius 3 is 3.18 bits per heavy atom. The molecule has 92 valence electrons. The first-order valence-corrected chi connectivity index (χ1v) is 5.43. The summed E-state index contributed by atoms with van der Waals surface area (Å²) >= 11 is 0. The van der Waals surface area contributed by atoms with Crippen LogP contribution in [0.4, 0.5) is 4.79 Å². The summed E-state index contributed by atoms with van der Waals surface area (Å²) in [6, 6.07) is 7.78. The van der Waals surface area contributed by atoms with Gasteiger partial charge in [0.15, 0.2) is 6.73 Å². The van der Waals surface area contributed by atoms with Crippen LogP contribution in [0.15, 0.2) is 24.3 Å². The molecule has 0 saturated carbocycles. The Bertz CT molecular complexity index is 397. The molecule has 0 saturated heterocycles. The summed E-state index contributed by atoms with van der Waals surface area (Å²) in [6.07, 6.45) is -0.508. The maximum Gasteiger partial charge on any atom is 0.422 e. The van der Waals surface area contributed by atoms with Gasteiger partial charge in [-0.15, -0.1) is 0 Å². The zero-order valence-corrected chi connectivity index (χ0v) is 9.60. The highest BCUT2D eigenvalue weighted by Crippen LogP contribution is 2.22. The van der Waals surface area contributed by atoms with E-state index in [1.54, 1.807) is 11.9 Å². The minimum atomic E-state index is -0.508. The SMILES string of the molecule is CCOC(=O)NNN1COc2ccccc2C1. The highest BCUT2D eigenvalue weighted by molar-refractivity contribution is 5.66. The Morgan fingerprint density at radius 1 is 1.53 bits per heavy atom. The molecule has 1 aromatic carbocycles. The summed E-state index contributed by atoms with van der Waals surface area (Å²) in [5, 5.41) is 1.74. The number of hydrazine groups is 2. The molecule has 0 unspecified atom stereocenters. The van der Waals surface area contributed by atoms with Crippen molar-refractivity contribution < 1.29 is 14.3 Å². The van der Waals surface area contributed by atoms with Crippen molar-refractivity contribution in [3.63, 3.8) is 0 Å². The lowest BCUT2D eigenvalue weighted by Crippen LogP contribution is -2.51. The van der Waals surface area contributed by atoms with Gasteiger partial charge in [-0.1, -0.05) is 18.2 Å². The van der Waals surface area contributed by atoms with Crippen molar-refractivity contribution in [1.82, 2.24) is 16.0 Å². The van der Waals surface area contributed by atoms with E-state index in [2.05, 4.69) is 11.0 Å². The van der Waals surface area contributed by atoms with Gasteiger partial charge in [0.25, 0.3) is 0 Å². The van der Waals surface area contributed by atoms with Crippen LogP contribution < -0.4 is 15.7 Å². The summed E-state index contributed by atoms with van der Waals surface area (Å²) in [6.45, 7) is 3.11. The number of amides is 1. The van der Waals surface area contributed by atoms with Gasteiger partial charge in [-0.05, 0) is 13.0 Å². The van der Waals surface area contributed by atoms with Crippen LogP contribution in [0.5, 0.6) is 5.75 Å². The predicted octanol–water partition coefficient (Wildman–Crippen LogP) is 1.00. The van der Waals surface area contributed by atoms with Crippen molar-refractivity contribution >= 4 is 6.09 Å². The van der Waals surface area contributed by atoms with E-state index < -0.39 is 6.09 Å². The average molecular weight is 237 g/mol. The summed E-state index contributed by atoms with van der Waals surface area (Å²) in [4.78, 5) is 11.1. The second kappa shape index (κ2) is 5.51. The van der Waals surface area contributed by atoms with Crippen molar-refractivity contribution in [1.29, 1.82) is 0 Å². The topological polar surface area (TPSA) is 62.8 Å². The fourth-order valence-corrected chi connectivity index (χ4v) is 1.54. The third-order valence-electron chi connectivity index (χ3n) is 2.30. The van der Waals surface area contributed by atoms with E-state index in [-0.39, 0.29) is 0 Å². The zero-order valence-electron chi connectivity index (χ0n) is 9.60. The van der Waals surface area contributed by atoms with E-state index >= 15 is 0 Å². The Morgan fingerprint density at radius 2 is 2.35 bits per heavy atom. The summed E-state index contributed by atoms with van der Waals surface area (Å²) in [5.74, 6) is 0.877. The van der Waals surface area contributed by atoms with Crippen LogP contribution in [0.2, 0.25) is 0 Å². The minimum absolute atomic E-state index is 0.340. The van der Waals surface area contributed by atoms with Crippen LogP contribution in [-0.2, 0) is 11.3 Å². The van der Waals surface area contributed by atoms with E-state index in [0.29, 0.717) is 19.9 Å². The molecule has 1 aromatic rings. The van der Waals surface area contributed by atoms with E-state index in [1.165, 1.54) is 0 Å². The highest BCUT2D eigenvalue weighted by Gasteiger charge is 2.16. The molecule has 0 radical (unpaired) electrons. The van der Waals surface area contributed by atoms with Crippen molar-refractivity contribution in [3.8, 4) is 5.75 Å². The number of rotatable bonds is 3. The number of nitrogens with zero attached hydrogens (tertiary/aromatic N) is 1. The lowest BCUT2D eigenvalue weighted by molar-refractivity contribution is 0.0281. The van der Waals surface area contributed by atoms with Gasteiger partial charge in [0.1, 0.15) is 5.75 Å². The number of hydrogen-bond donors (Lipinski definition) is 2. The van der Waals surface area contributed by atoms with Gasteiger partial charge < -0.3 is 9.47 Å². The Balaban J connectivity index is 1.84. The molecule has 17 heavy (non-hydrogen) atoms. The molecule has 0 fully saturated rings. The van der Waals surface area contributed by atoms with Crippen LogP contribution in [0.1, 0.15) is 12.5 Å². The maximum atomic E-state index is 11.1. The normalized spacial score (nSPS) is 14.6. The molecule has 0 bridgehead atoms. The Hall–Kier alpha value is -1.79. The minimum Gasteiger partial charge on any atom is -0.476 e. The molecule has 6 heteroatoms. The second-order valence-electron chi connectivity index (χ2n) is 3.54. The fourth-order valence-electron chi connectivity index (χ4n) is 1.54. The molecule has 1 heterocycles. The third-order valence-corrected chi connectivity index (χ3v) is 2.30. The van der Waals surface area contributed by atoms with E-state index in [9.17, 15) is 4.79 Å². The molecule has 1 aliphatic heterocycles. The molecule has 0 atom stereocenters. The molecule has 0 spiro atoms.